The Morgan fingerprint density at radius 2 is 1.58 bits per heavy atom. The molecule has 43 heavy (non-hydrogen) atoms. The quantitative estimate of drug-likeness (QED) is 0.340. The molecular weight excluding hydrogens is 528 g/mol. The lowest BCUT2D eigenvalue weighted by Gasteiger charge is -2.72. The van der Waals surface area contributed by atoms with Crippen molar-refractivity contribution in [2.24, 2.45) is 56.7 Å². The molecule has 1 aromatic rings. The van der Waals surface area contributed by atoms with E-state index < -0.39 is 0 Å². The number of hydrogen-bond acceptors (Lipinski definition) is 3. The van der Waals surface area contributed by atoms with Gasteiger partial charge in [-0.3, -0.25) is 4.79 Å². The number of rotatable bonds is 5. The fraction of sp³-hybridized carbons (Fsp3) is 0.769. The summed E-state index contributed by atoms with van der Waals surface area (Å²) < 4.78 is 0. The molecule has 5 aliphatic rings. The lowest BCUT2D eigenvalue weighted by atomic mass is 9.32. The number of fused-ring (bicyclic) bond motifs is 7. The van der Waals surface area contributed by atoms with Crippen molar-refractivity contribution in [3.8, 4) is 0 Å². The van der Waals surface area contributed by atoms with Crippen LogP contribution in [0.2, 0.25) is 0 Å². The Hall–Kier alpha value is -1.81. The molecule has 6 rings (SSSR count). The fourth-order valence-electron chi connectivity index (χ4n) is 12.8. The molecule has 0 saturated heterocycles. The Balaban J connectivity index is 1.30. The lowest BCUT2D eigenvalue weighted by molar-refractivity contribution is -0.246. The second-order valence-electron chi connectivity index (χ2n) is 17.5. The molecule has 10 atom stereocenters. The number of hydrogen-bond donors (Lipinski definition) is 2. The van der Waals surface area contributed by atoms with Crippen LogP contribution in [0.3, 0.4) is 0 Å². The molecule has 5 saturated carbocycles. The summed E-state index contributed by atoms with van der Waals surface area (Å²) in [5.74, 6) is 2.93. The van der Waals surface area contributed by atoms with Crippen molar-refractivity contribution in [2.75, 3.05) is 19.0 Å². The monoisotopic (exact) mass is 588 g/mol. The topological polar surface area (TPSA) is 52.6 Å². The van der Waals surface area contributed by atoms with Gasteiger partial charge in [-0.05, 0) is 140 Å². The van der Waals surface area contributed by atoms with Crippen molar-refractivity contribution in [1.82, 2.24) is 5.32 Å². The molecule has 0 aliphatic heterocycles. The fourth-order valence-corrected chi connectivity index (χ4v) is 12.8. The maximum absolute atomic E-state index is 14.4. The molecular formula is C39H60N2O2. The molecule has 0 aromatic heterocycles. The van der Waals surface area contributed by atoms with Crippen molar-refractivity contribution >= 4 is 11.6 Å². The molecule has 4 heteroatoms. The van der Waals surface area contributed by atoms with Crippen LogP contribution in [0.25, 0.3) is 0 Å². The molecule has 5 fully saturated rings. The summed E-state index contributed by atoms with van der Waals surface area (Å²) in [6.07, 6.45) is 11.2. The van der Waals surface area contributed by atoms with Gasteiger partial charge in [-0.1, -0.05) is 58.9 Å². The number of carbonyl (C=O) groups is 1. The molecule has 1 aromatic carbocycles. The van der Waals surface area contributed by atoms with E-state index in [2.05, 4.69) is 96.7 Å². The van der Waals surface area contributed by atoms with Crippen LogP contribution < -0.4 is 10.2 Å². The average molecular weight is 589 g/mol. The largest absolute Gasteiger partial charge is 0.393 e. The van der Waals surface area contributed by atoms with Gasteiger partial charge in [-0.15, -0.1) is 0 Å². The summed E-state index contributed by atoms with van der Waals surface area (Å²) in [7, 11) is 4.12. The Kier molecular flexibility index (Phi) is 7.51. The molecule has 0 bridgehead atoms. The zero-order chi connectivity index (χ0) is 31.2. The summed E-state index contributed by atoms with van der Waals surface area (Å²) in [6.45, 7) is 20.0. The standard InChI is InChI=1S/C39H60N2O2/c1-25(2)28-16-21-39(34(43)40-24-26-10-12-27(13-11-26)41(8)9)23-22-37(6)29(33(28)39)14-15-31-36(5)19-18-32(42)35(3,4)30(36)17-20-38(31,37)7/h10-13,28-33,42H,1,14-24H2,2-9H3,(H,40,43)/t28-,29+,30-,31+,32-,33+,36-,37+,38+,39-/m0/s1. The molecule has 1 amide bonds. The zero-order valence-corrected chi connectivity index (χ0v) is 28.6. The van der Waals surface area contributed by atoms with E-state index in [9.17, 15) is 9.90 Å². The average Bonchev–Trinajstić information content (AvgIpc) is 3.36. The van der Waals surface area contributed by atoms with E-state index in [1.807, 2.05) is 0 Å². The van der Waals surface area contributed by atoms with Gasteiger partial charge in [0.2, 0.25) is 5.91 Å². The SMILES string of the molecule is C=C(C)[C@@H]1CC[C@]2(C(=O)NCc3ccc(N(C)C)cc3)CC[C@]3(C)[C@H](CC[C@@H]4[C@@]5(C)CC[C@H](O)C(C)(C)[C@@H]5CC[C@]43C)[C@@H]12. The third-order valence-electron chi connectivity index (χ3n) is 15.4. The summed E-state index contributed by atoms with van der Waals surface area (Å²) in [4.78, 5) is 16.5. The predicted octanol–water partition coefficient (Wildman–Crippen LogP) is 8.39. The molecule has 0 heterocycles. The van der Waals surface area contributed by atoms with Crippen LogP contribution in [0, 0.1) is 56.7 Å². The lowest BCUT2D eigenvalue weighted by Crippen LogP contribution is -2.67. The van der Waals surface area contributed by atoms with Crippen molar-refractivity contribution in [1.29, 1.82) is 0 Å². The van der Waals surface area contributed by atoms with Crippen LogP contribution in [-0.4, -0.2) is 31.2 Å². The number of aliphatic hydroxyl groups is 1. The van der Waals surface area contributed by atoms with E-state index in [4.69, 9.17) is 0 Å². The van der Waals surface area contributed by atoms with Crippen LogP contribution in [0.1, 0.15) is 111 Å². The first kappa shape index (κ1) is 31.2. The van der Waals surface area contributed by atoms with Crippen LogP contribution in [0.4, 0.5) is 5.69 Å². The van der Waals surface area contributed by atoms with Gasteiger partial charge in [0.25, 0.3) is 0 Å². The minimum atomic E-state index is -0.279. The number of carbonyl (C=O) groups excluding carboxylic acids is 1. The smallest absolute Gasteiger partial charge is 0.226 e. The number of nitrogens with one attached hydrogen (secondary N) is 1. The van der Waals surface area contributed by atoms with Gasteiger partial charge >= 0.3 is 0 Å². The van der Waals surface area contributed by atoms with Crippen LogP contribution in [-0.2, 0) is 11.3 Å². The van der Waals surface area contributed by atoms with Gasteiger partial charge in [-0.25, -0.2) is 0 Å². The van der Waals surface area contributed by atoms with Crippen molar-refractivity contribution in [3.05, 3.63) is 42.0 Å². The van der Waals surface area contributed by atoms with Crippen molar-refractivity contribution < 1.29 is 9.90 Å². The van der Waals surface area contributed by atoms with Crippen LogP contribution in [0.5, 0.6) is 0 Å². The van der Waals surface area contributed by atoms with Crippen molar-refractivity contribution in [2.45, 2.75) is 118 Å². The number of anilines is 1. The minimum absolute atomic E-state index is 0.0187. The Morgan fingerprint density at radius 3 is 2.23 bits per heavy atom. The summed E-state index contributed by atoms with van der Waals surface area (Å²) in [6, 6.07) is 8.59. The Labute approximate surface area is 262 Å². The van der Waals surface area contributed by atoms with Crippen LogP contribution >= 0.6 is 0 Å². The molecule has 238 valence electrons. The first-order chi connectivity index (χ1) is 20.1. The van der Waals surface area contributed by atoms with E-state index in [-0.39, 0.29) is 33.2 Å². The van der Waals surface area contributed by atoms with Gasteiger partial charge in [0.05, 0.1) is 11.5 Å². The highest BCUT2D eigenvalue weighted by Gasteiger charge is 2.71. The highest BCUT2D eigenvalue weighted by molar-refractivity contribution is 5.84. The number of aliphatic hydroxyl groups excluding tert-OH is 1. The van der Waals surface area contributed by atoms with Gasteiger partial charge in [-0.2, -0.15) is 0 Å². The highest BCUT2D eigenvalue weighted by atomic mass is 16.3. The van der Waals surface area contributed by atoms with Crippen LogP contribution in [0.15, 0.2) is 36.4 Å². The summed E-state index contributed by atoms with van der Waals surface area (Å²) in [5, 5.41) is 14.5. The molecule has 0 unspecified atom stereocenters. The van der Waals surface area contributed by atoms with E-state index in [1.54, 1.807) is 0 Å². The first-order valence-electron chi connectivity index (χ1n) is 17.5. The highest BCUT2D eigenvalue weighted by Crippen LogP contribution is 2.77. The van der Waals surface area contributed by atoms with Gasteiger partial charge < -0.3 is 15.3 Å². The zero-order valence-electron chi connectivity index (χ0n) is 28.6. The van der Waals surface area contributed by atoms with Crippen molar-refractivity contribution in [3.63, 3.8) is 0 Å². The third-order valence-corrected chi connectivity index (χ3v) is 15.4. The molecule has 2 N–H and O–H groups in total. The third kappa shape index (κ3) is 4.34. The normalized spacial score (nSPS) is 44.8. The Morgan fingerprint density at radius 1 is 0.884 bits per heavy atom. The molecule has 4 nitrogen and oxygen atoms in total. The molecule has 0 spiro atoms. The summed E-state index contributed by atoms with van der Waals surface area (Å²) in [5.41, 5.74) is 4.10. The number of allylic oxidation sites excluding steroid dienone is 1. The van der Waals surface area contributed by atoms with Gasteiger partial charge in [0.1, 0.15) is 0 Å². The second-order valence-corrected chi connectivity index (χ2v) is 17.5. The van der Waals surface area contributed by atoms with E-state index in [1.165, 1.54) is 42.5 Å². The number of amides is 1. The maximum atomic E-state index is 14.4. The Bertz CT molecular complexity index is 1250. The second kappa shape index (κ2) is 10.4. The van der Waals surface area contributed by atoms with Gasteiger partial charge in [0, 0.05) is 26.3 Å². The molecule has 0 radical (unpaired) electrons. The number of benzene rings is 1. The molecule has 5 aliphatic carbocycles. The van der Waals surface area contributed by atoms with E-state index in [0.29, 0.717) is 42.0 Å². The predicted molar refractivity (Wildman–Crippen MR) is 178 cm³/mol. The maximum Gasteiger partial charge on any atom is 0.226 e. The summed E-state index contributed by atoms with van der Waals surface area (Å²) >= 11 is 0. The first-order valence-corrected chi connectivity index (χ1v) is 17.5. The minimum Gasteiger partial charge on any atom is -0.393 e. The van der Waals surface area contributed by atoms with Gasteiger partial charge in [0.15, 0.2) is 0 Å². The van der Waals surface area contributed by atoms with E-state index >= 15 is 0 Å². The van der Waals surface area contributed by atoms with E-state index in [0.717, 1.165) is 38.5 Å². The number of nitrogens with zero attached hydrogens (tertiary/aromatic N) is 1.